The van der Waals surface area contributed by atoms with Crippen LogP contribution in [0.4, 0.5) is 5.69 Å². The van der Waals surface area contributed by atoms with E-state index in [1.54, 1.807) is 32.0 Å². The van der Waals surface area contributed by atoms with Crippen LogP contribution in [0.15, 0.2) is 18.2 Å². The van der Waals surface area contributed by atoms with Crippen LogP contribution in [0.2, 0.25) is 0 Å². The van der Waals surface area contributed by atoms with Gasteiger partial charge in [-0.15, -0.1) is 0 Å². The average molecular weight is 293 g/mol. The van der Waals surface area contributed by atoms with Gasteiger partial charge in [0.2, 0.25) is 5.91 Å². The zero-order valence-electron chi connectivity index (χ0n) is 12.3. The van der Waals surface area contributed by atoms with Crippen LogP contribution >= 0.6 is 0 Å². The number of anilines is 1. The molecule has 1 aromatic carbocycles. The zero-order chi connectivity index (χ0) is 16.0. The Balaban J connectivity index is 2.75. The molecule has 114 valence electrons. The lowest BCUT2D eigenvalue weighted by atomic mass is 10.0. The smallest absolute Gasteiger partial charge is 0.337 e. The van der Waals surface area contributed by atoms with Crippen molar-refractivity contribution in [2.45, 2.75) is 26.7 Å². The van der Waals surface area contributed by atoms with Gasteiger partial charge in [-0.05, 0) is 30.5 Å². The number of aliphatic carboxylic acids is 1. The van der Waals surface area contributed by atoms with Gasteiger partial charge in [0.25, 0.3) is 0 Å². The quantitative estimate of drug-likeness (QED) is 0.784. The van der Waals surface area contributed by atoms with Gasteiger partial charge in [-0.3, -0.25) is 9.59 Å². The average Bonchev–Trinajstić information content (AvgIpc) is 2.39. The molecule has 1 amide bonds. The van der Waals surface area contributed by atoms with E-state index in [0.717, 1.165) is 5.56 Å². The summed E-state index contributed by atoms with van der Waals surface area (Å²) in [6, 6.07) is 4.87. The zero-order valence-corrected chi connectivity index (χ0v) is 12.3. The predicted octanol–water partition coefficient (Wildman–Crippen LogP) is 2.22. The number of aryl methyl sites for hydroxylation is 1. The van der Waals surface area contributed by atoms with Crippen LogP contribution in [-0.4, -0.2) is 30.1 Å². The predicted molar refractivity (Wildman–Crippen MR) is 77.2 cm³/mol. The maximum Gasteiger partial charge on any atom is 0.337 e. The van der Waals surface area contributed by atoms with E-state index in [-0.39, 0.29) is 24.7 Å². The Morgan fingerprint density at radius 2 is 1.95 bits per heavy atom. The number of carbonyl (C=O) groups is 3. The Kier molecular flexibility index (Phi) is 5.90. The van der Waals surface area contributed by atoms with E-state index < -0.39 is 11.9 Å². The second-order valence-electron chi connectivity index (χ2n) is 4.98. The molecule has 0 aliphatic heterocycles. The van der Waals surface area contributed by atoms with Crippen LogP contribution < -0.4 is 5.32 Å². The van der Waals surface area contributed by atoms with E-state index in [1.807, 2.05) is 0 Å². The highest BCUT2D eigenvalue weighted by atomic mass is 16.5. The van der Waals surface area contributed by atoms with Crippen LogP contribution in [0.1, 0.15) is 35.7 Å². The standard InChI is InChI=1S/C15H19NO5/c1-9(7-14(18)19)6-13(17)16-12-8-11(15(20)21-3)5-4-10(12)2/h4-5,8-9H,6-7H2,1-3H3,(H,16,17)(H,18,19). The Morgan fingerprint density at radius 3 is 2.52 bits per heavy atom. The third-order valence-corrected chi connectivity index (χ3v) is 2.99. The Morgan fingerprint density at radius 1 is 1.29 bits per heavy atom. The maximum absolute atomic E-state index is 11.9. The largest absolute Gasteiger partial charge is 0.481 e. The molecule has 0 saturated heterocycles. The number of ether oxygens (including phenoxy) is 1. The summed E-state index contributed by atoms with van der Waals surface area (Å²) >= 11 is 0. The molecule has 0 fully saturated rings. The minimum Gasteiger partial charge on any atom is -0.481 e. The van der Waals surface area contributed by atoms with E-state index in [2.05, 4.69) is 10.1 Å². The van der Waals surface area contributed by atoms with Crippen LogP contribution in [0.3, 0.4) is 0 Å². The van der Waals surface area contributed by atoms with Crippen LogP contribution in [0.25, 0.3) is 0 Å². The Bertz CT molecular complexity index is 553. The van der Waals surface area contributed by atoms with Crippen molar-refractivity contribution < 1.29 is 24.2 Å². The summed E-state index contributed by atoms with van der Waals surface area (Å²) in [5, 5.41) is 11.4. The fourth-order valence-corrected chi connectivity index (χ4v) is 1.89. The van der Waals surface area contributed by atoms with Gasteiger partial charge in [-0.2, -0.15) is 0 Å². The van der Waals surface area contributed by atoms with Gasteiger partial charge in [0, 0.05) is 18.5 Å². The fourth-order valence-electron chi connectivity index (χ4n) is 1.89. The van der Waals surface area contributed by atoms with Gasteiger partial charge < -0.3 is 15.2 Å². The number of amides is 1. The van der Waals surface area contributed by atoms with Crippen molar-refractivity contribution >= 4 is 23.5 Å². The van der Waals surface area contributed by atoms with E-state index in [0.29, 0.717) is 11.3 Å². The van der Waals surface area contributed by atoms with Gasteiger partial charge in [0.05, 0.1) is 12.7 Å². The van der Waals surface area contributed by atoms with Gasteiger partial charge in [0.1, 0.15) is 0 Å². The highest BCUT2D eigenvalue weighted by Crippen LogP contribution is 2.19. The monoisotopic (exact) mass is 293 g/mol. The SMILES string of the molecule is COC(=O)c1ccc(C)c(NC(=O)CC(C)CC(=O)O)c1. The molecule has 1 rings (SSSR count). The van der Waals surface area contributed by atoms with Crippen LogP contribution in [-0.2, 0) is 14.3 Å². The van der Waals surface area contributed by atoms with Crippen molar-refractivity contribution in [3.8, 4) is 0 Å². The molecular weight excluding hydrogens is 274 g/mol. The summed E-state index contributed by atoms with van der Waals surface area (Å²) in [5.41, 5.74) is 1.67. The summed E-state index contributed by atoms with van der Waals surface area (Å²) in [7, 11) is 1.29. The molecule has 2 N–H and O–H groups in total. The summed E-state index contributed by atoms with van der Waals surface area (Å²) in [5.74, 6) is -1.95. The van der Waals surface area contributed by atoms with E-state index in [9.17, 15) is 14.4 Å². The number of carboxylic acids is 1. The number of nitrogens with one attached hydrogen (secondary N) is 1. The molecule has 6 nitrogen and oxygen atoms in total. The topological polar surface area (TPSA) is 92.7 Å². The summed E-state index contributed by atoms with van der Waals surface area (Å²) < 4.78 is 4.63. The highest BCUT2D eigenvalue weighted by molar-refractivity contribution is 5.95. The molecule has 0 spiro atoms. The molecule has 0 bridgehead atoms. The number of carbonyl (C=O) groups excluding carboxylic acids is 2. The van der Waals surface area contributed by atoms with Crippen molar-refractivity contribution in [3.05, 3.63) is 29.3 Å². The van der Waals surface area contributed by atoms with Crippen molar-refractivity contribution in [3.63, 3.8) is 0 Å². The van der Waals surface area contributed by atoms with E-state index in [4.69, 9.17) is 5.11 Å². The fraction of sp³-hybridized carbons (Fsp3) is 0.400. The maximum atomic E-state index is 11.9. The van der Waals surface area contributed by atoms with E-state index in [1.165, 1.54) is 7.11 Å². The van der Waals surface area contributed by atoms with Gasteiger partial charge in [-0.1, -0.05) is 13.0 Å². The second-order valence-corrected chi connectivity index (χ2v) is 4.98. The first kappa shape index (κ1) is 16.7. The minimum absolute atomic E-state index is 0.0609. The summed E-state index contributed by atoms with van der Waals surface area (Å²) in [4.78, 5) is 33.9. The third kappa shape index (κ3) is 5.25. The number of methoxy groups -OCH3 is 1. The second kappa shape index (κ2) is 7.42. The molecule has 1 unspecified atom stereocenters. The molecule has 0 aliphatic rings. The first-order valence-electron chi connectivity index (χ1n) is 6.54. The molecule has 1 atom stereocenters. The number of hydrogen-bond acceptors (Lipinski definition) is 4. The van der Waals surface area contributed by atoms with Gasteiger partial charge in [-0.25, -0.2) is 4.79 Å². The molecule has 0 saturated carbocycles. The summed E-state index contributed by atoms with van der Waals surface area (Å²) in [6.45, 7) is 3.50. The number of carboxylic acid groups (broad SMARTS) is 1. The van der Waals surface area contributed by atoms with Crippen molar-refractivity contribution in [2.75, 3.05) is 12.4 Å². The molecular formula is C15H19NO5. The molecule has 1 aromatic rings. The molecule has 0 heterocycles. The summed E-state index contributed by atoms with van der Waals surface area (Å²) in [6.07, 6.45) is 0.0444. The lowest BCUT2D eigenvalue weighted by molar-refractivity contribution is -0.138. The van der Waals surface area contributed by atoms with Crippen molar-refractivity contribution in [1.29, 1.82) is 0 Å². The minimum atomic E-state index is -0.931. The van der Waals surface area contributed by atoms with Crippen LogP contribution in [0, 0.1) is 12.8 Å². The molecule has 0 aliphatic carbocycles. The Labute approximate surface area is 123 Å². The molecule has 6 heteroatoms. The van der Waals surface area contributed by atoms with Crippen molar-refractivity contribution in [1.82, 2.24) is 0 Å². The first-order valence-corrected chi connectivity index (χ1v) is 6.54. The van der Waals surface area contributed by atoms with Gasteiger partial charge >= 0.3 is 11.9 Å². The van der Waals surface area contributed by atoms with Crippen molar-refractivity contribution in [2.24, 2.45) is 5.92 Å². The lowest BCUT2D eigenvalue weighted by Gasteiger charge is -2.12. The molecule has 21 heavy (non-hydrogen) atoms. The number of benzene rings is 1. The van der Waals surface area contributed by atoms with Gasteiger partial charge in [0.15, 0.2) is 0 Å². The number of hydrogen-bond donors (Lipinski definition) is 2. The Hall–Kier alpha value is -2.37. The first-order chi connectivity index (χ1) is 9.83. The highest BCUT2D eigenvalue weighted by Gasteiger charge is 2.14. The van der Waals surface area contributed by atoms with Crippen LogP contribution in [0.5, 0.6) is 0 Å². The third-order valence-electron chi connectivity index (χ3n) is 2.99. The number of rotatable bonds is 6. The normalized spacial score (nSPS) is 11.6. The molecule has 0 aromatic heterocycles. The number of esters is 1. The lowest BCUT2D eigenvalue weighted by Crippen LogP contribution is -2.18. The van der Waals surface area contributed by atoms with E-state index >= 15 is 0 Å². The molecule has 0 radical (unpaired) electrons.